The molecule has 0 bridgehead atoms. The molecule has 0 amide bonds. The predicted octanol–water partition coefficient (Wildman–Crippen LogP) is 4.71. The van der Waals surface area contributed by atoms with Gasteiger partial charge in [0.2, 0.25) is 0 Å². The molecule has 0 saturated heterocycles. The summed E-state index contributed by atoms with van der Waals surface area (Å²) in [6, 6.07) is 12.4. The van der Waals surface area contributed by atoms with Crippen LogP contribution in [-0.4, -0.2) is 11.2 Å². The summed E-state index contributed by atoms with van der Waals surface area (Å²) in [5, 5.41) is 14.1. The Labute approximate surface area is 119 Å². The molecule has 0 radical (unpaired) electrons. The van der Waals surface area contributed by atoms with Crippen molar-refractivity contribution in [1.82, 2.24) is 0 Å². The highest BCUT2D eigenvalue weighted by Crippen LogP contribution is 2.34. The highest BCUT2D eigenvalue weighted by atomic mass is 35.5. The SMILES string of the molecule is CSc1ccc(Nc2cccc(Cl)c2[N+](=O)[O-])cc1. The summed E-state index contributed by atoms with van der Waals surface area (Å²) < 4.78 is 0. The first-order chi connectivity index (χ1) is 9.11. The van der Waals surface area contributed by atoms with Crippen LogP contribution in [0.15, 0.2) is 47.4 Å². The van der Waals surface area contributed by atoms with Crippen molar-refractivity contribution in [3.05, 3.63) is 57.6 Å². The molecule has 0 saturated carbocycles. The first kappa shape index (κ1) is 13.7. The zero-order valence-electron chi connectivity index (χ0n) is 10.1. The minimum Gasteiger partial charge on any atom is -0.350 e. The minimum absolute atomic E-state index is 0.113. The summed E-state index contributed by atoms with van der Waals surface area (Å²) in [5.41, 5.74) is 1.05. The molecule has 19 heavy (non-hydrogen) atoms. The number of benzene rings is 2. The molecule has 0 atom stereocenters. The van der Waals surface area contributed by atoms with Gasteiger partial charge in [0.05, 0.1) is 4.92 Å². The Morgan fingerprint density at radius 2 is 1.89 bits per heavy atom. The molecule has 2 rings (SSSR count). The summed E-state index contributed by atoms with van der Waals surface area (Å²) in [5.74, 6) is 0. The molecular formula is C13H11ClN2O2S. The van der Waals surface area contributed by atoms with Crippen LogP contribution in [-0.2, 0) is 0 Å². The maximum atomic E-state index is 11.0. The van der Waals surface area contributed by atoms with Crippen LogP contribution < -0.4 is 5.32 Å². The van der Waals surface area contributed by atoms with Crippen LogP contribution in [0, 0.1) is 10.1 Å². The predicted molar refractivity (Wildman–Crippen MR) is 79.6 cm³/mol. The number of nitro groups is 1. The second kappa shape index (κ2) is 5.95. The number of halogens is 1. The number of anilines is 2. The van der Waals surface area contributed by atoms with E-state index in [9.17, 15) is 10.1 Å². The fraction of sp³-hybridized carbons (Fsp3) is 0.0769. The smallest absolute Gasteiger partial charge is 0.311 e. The van der Waals surface area contributed by atoms with Crippen molar-refractivity contribution in [2.24, 2.45) is 0 Å². The van der Waals surface area contributed by atoms with E-state index in [1.807, 2.05) is 30.5 Å². The first-order valence-electron chi connectivity index (χ1n) is 5.46. The number of nitrogens with zero attached hydrogens (tertiary/aromatic N) is 1. The Morgan fingerprint density at radius 3 is 2.47 bits per heavy atom. The molecular weight excluding hydrogens is 284 g/mol. The van der Waals surface area contributed by atoms with Crippen molar-refractivity contribution < 1.29 is 4.92 Å². The van der Waals surface area contributed by atoms with Crippen LogP contribution in [0.3, 0.4) is 0 Å². The number of rotatable bonds is 4. The zero-order chi connectivity index (χ0) is 13.8. The fourth-order valence-electron chi connectivity index (χ4n) is 1.63. The molecule has 0 aliphatic heterocycles. The number of nitro benzene ring substituents is 1. The summed E-state index contributed by atoms with van der Waals surface area (Å²) in [6.45, 7) is 0. The number of hydrogen-bond acceptors (Lipinski definition) is 4. The molecule has 0 fully saturated rings. The van der Waals surface area contributed by atoms with Crippen LogP contribution in [0.2, 0.25) is 5.02 Å². The lowest BCUT2D eigenvalue weighted by Gasteiger charge is -2.08. The lowest BCUT2D eigenvalue weighted by Crippen LogP contribution is -1.97. The van der Waals surface area contributed by atoms with Crippen molar-refractivity contribution in [1.29, 1.82) is 0 Å². The molecule has 2 aromatic carbocycles. The molecule has 0 spiro atoms. The third-order valence-corrected chi connectivity index (χ3v) is 3.59. The van der Waals surface area contributed by atoms with Crippen molar-refractivity contribution in [3.63, 3.8) is 0 Å². The van der Waals surface area contributed by atoms with E-state index in [0.717, 1.165) is 10.6 Å². The van der Waals surface area contributed by atoms with E-state index in [-0.39, 0.29) is 10.7 Å². The second-order valence-electron chi connectivity index (χ2n) is 3.75. The van der Waals surface area contributed by atoms with Crippen molar-refractivity contribution in [2.45, 2.75) is 4.90 Å². The molecule has 2 aromatic rings. The largest absolute Gasteiger partial charge is 0.350 e. The number of para-hydroxylation sites is 1. The first-order valence-corrected chi connectivity index (χ1v) is 7.06. The van der Waals surface area contributed by atoms with Gasteiger partial charge in [0.1, 0.15) is 10.7 Å². The topological polar surface area (TPSA) is 55.2 Å². The van der Waals surface area contributed by atoms with Crippen molar-refractivity contribution >= 4 is 40.4 Å². The summed E-state index contributed by atoms with van der Waals surface area (Å²) in [4.78, 5) is 11.7. The van der Waals surface area contributed by atoms with Gasteiger partial charge >= 0.3 is 5.69 Å². The average Bonchev–Trinajstić information content (AvgIpc) is 2.39. The van der Waals surface area contributed by atoms with E-state index in [1.165, 1.54) is 6.07 Å². The van der Waals surface area contributed by atoms with E-state index in [2.05, 4.69) is 5.32 Å². The summed E-state index contributed by atoms with van der Waals surface area (Å²) in [7, 11) is 0. The number of thioether (sulfide) groups is 1. The second-order valence-corrected chi connectivity index (χ2v) is 5.03. The van der Waals surface area contributed by atoms with Gasteiger partial charge in [-0.05, 0) is 42.7 Å². The number of hydrogen-bond donors (Lipinski definition) is 1. The third kappa shape index (κ3) is 3.19. The average molecular weight is 295 g/mol. The molecule has 6 heteroatoms. The van der Waals surface area contributed by atoms with Crippen LogP contribution >= 0.6 is 23.4 Å². The van der Waals surface area contributed by atoms with Crippen molar-refractivity contribution in [3.8, 4) is 0 Å². The standard InChI is InChI=1S/C13H11ClN2O2S/c1-19-10-7-5-9(6-8-10)15-12-4-2-3-11(14)13(12)16(17)18/h2-8,15H,1H3. The minimum atomic E-state index is -0.485. The van der Waals surface area contributed by atoms with Gasteiger partial charge in [-0.2, -0.15) is 0 Å². The Balaban J connectivity index is 2.32. The third-order valence-electron chi connectivity index (χ3n) is 2.54. The molecule has 0 unspecified atom stereocenters. The summed E-state index contributed by atoms with van der Waals surface area (Å²) >= 11 is 7.49. The Kier molecular flexibility index (Phi) is 4.29. The Hall–Kier alpha value is -1.72. The highest BCUT2D eigenvalue weighted by Gasteiger charge is 2.18. The van der Waals surface area contributed by atoms with E-state index in [4.69, 9.17) is 11.6 Å². The van der Waals surface area contributed by atoms with Gasteiger partial charge in [-0.15, -0.1) is 11.8 Å². The van der Waals surface area contributed by atoms with Gasteiger partial charge in [0, 0.05) is 10.6 Å². The van der Waals surface area contributed by atoms with Gasteiger partial charge < -0.3 is 5.32 Å². The van der Waals surface area contributed by atoms with E-state index < -0.39 is 4.92 Å². The lowest BCUT2D eigenvalue weighted by molar-refractivity contribution is -0.383. The maximum Gasteiger partial charge on any atom is 0.311 e. The summed E-state index contributed by atoms with van der Waals surface area (Å²) in [6.07, 6.45) is 1.99. The fourth-order valence-corrected chi connectivity index (χ4v) is 2.28. The van der Waals surface area contributed by atoms with Gasteiger partial charge in [0.25, 0.3) is 0 Å². The van der Waals surface area contributed by atoms with Gasteiger partial charge in [-0.1, -0.05) is 17.7 Å². The van der Waals surface area contributed by atoms with Gasteiger partial charge in [-0.3, -0.25) is 10.1 Å². The molecule has 0 aromatic heterocycles. The van der Waals surface area contributed by atoms with Crippen LogP contribution in [0.1, 0.15) is 0 Å². The Bertz CT molecular complexity index is 602. The monoisotopic (exact) mass is 294 g/mol. The van der Waals surface area contributed by atoms with Gasteiger partial charge in [-0.25, -0.2) is 0 Å². The molecule has 0 aliphatic rings. The molecule has 4 nitrogen and oxygen atoms in total. The Morgan fingerprint density at radius 1 is 1.21 bits per heavy atom. The quantitative estimate of drug-likeness (QED) is 0.504. The van der Waals surface area contributed by atoms with Crippen LogP contribution in [0.5, 0.6) is 0 Å². The lowest BCUT2D eigenvalue weighted by atomic mass is 10.2. The van der Waals surface area contributed by atoms with Crippen LogP contribution in [0.25, 0.3) is 0 Å². The maximum absolute atomic E-state index is 11.0. The van der Waals surface area contributed by atoms with E-state index >= 15 is 0 Å². The van der Waals surface area contributed by atoms with E-state index in [1.54, 1.807) is 23.9 Å². The van der Waals surface area contributed by atoms with E-state index in [0.29, 0.717) is 5.69 Å². The van der Waals surface area contributed by atoms with Gasteiger partial charge in [0.15, 0.2) is 0 Å². The molecule has 0 aliphatic carbocycles. The molecule has 0 heterocycles. The normalized spacial score (nSPS) is 10.2. The molecule has 98 valence electrons. The number of nitrogens with one attached hydrogen (secondary N) is 1. The van der Waals surface area contributed by atoms with Crippen molar-refractivity contribution in [2.75, 3.05) is 11.6 Å². The zero-order valence-corrected chi connectivity index (χ0v) is 11.7. The molecule has 1 N–H and O–H groups in total. The van der Waals surface area contributed by atoms with Crippen LogP contribution in [0.4, 0.5) is 17.1 Å². The highest BCUT2D eigenvalue weighted by molar-refractivity contribution is 7.98.